The van der Waals surface area contributed by atoms with Crippen LogP contribution in [-0.4, -0.2) is 15.7 Å². The standard InChI is InChI=1S/C16H22N4O/c1-3-15-13(11-20(2)19-15)10-18-16(21)9-8-12-6-4-5-7-14(12)17/h4-7,11H,3,8-10,17H2,1-2H3,(H,18,21). The zero-order valence-electron chi connectivity index (χ0n) is 12.6. The monoisotopic (exact) mass is 286 g/mol. The van der Waals surface area contributed by atoms with Crippen LogP contribution in [0, 0.1) is 0 Å². The van der Waals surface area contributed by atoms with Crippen LogP contribution in [0.15, 0.2) is 30.5 Å². The maximum absolute atomic E-state index is 11.9. The fraction of sp³-hybridized carbons (Fsp3) is 0.375. The lowest BCUT2D eigenvalue weighted by atomic mass is 10.1. The average molecular weight is 286 g/mol. The Morgan fingerprint density at radius 3 is 2.81 bits per heavy atom. The van der Waals surface area contributed by atoms with Crippen LogP contribution in [0.1, 0.15) is 30.2 Å². The first kappa shape index (κ1) is 15.1. The van der Waals surface area contributed by atoms with Gasteiger partial charge in [-0.25, -0.2) is 0 Å². The van der Waals surface area contributed by atoms with Crippen LogP contribution in [-0.2, 0) is 31.2 Å². The normalized spacial score (nSPS) is 10.6. The molecule has 1 aromatic heterocycles. The molecule has 0 aliphatic rings. The highest BCUT2D eigenvalue weighted by atomic mass is 16.1. The fourth-order valence-electron chi connectivity index (χ4n) is 2.32. The largest absolute Gasteiger partial charge is 0.399 e. The van der Waals surface area contributed by atoms with Crippen molar-refractivity contribution in [3.63, 3.8) is 0 Å². The Bertz CT molecular complexity index is 618. The summed E-state index contributed by atoms with van der Waals surface area (Å²) in [5.74, 6) is 0.0316. The van der Waals surface area contributed by atoms with E-state index in [4.69, 9.17) is 5.73 Å². The summed E-state index contributed by atoms with van der Waals surface area (Å²) in [6.45, 7) is 2.59. The number of nitrogens with two attached hydrogens (primary N) is 1. The van der Waals surface area contributed by atoms with E-state index in [9.17, 15) is 4.79 Å². The molecule has 0 spiro atoms. The van der Waals surface area contributed by atoms with E-state index in [1.54, 1.807) is 4.68 Å². The quantitative estimate of drug-likeness (QED) is 0.795. The van der Waals surface area contributed by atoms with Gasteiger partial charge in [0.25, 0.3) is 0 Å². The van der Waals surface area contributed by atoms with Gasteiger partial charge in [-0.15, -0.1) is 0 Å². The van der Waals surface area contributed by atoms with E-state index in [2.05, 4.69) is 17.3 Å². The minimum absolute atomic E-state index is 0.0316. The molecule has 0 radical (unpaired) electrons. The van der Waals surface area contributed by atoms with Gasteiger partial charge in [-0.05, 0) is 24.5 Å². The molecule has 5 nitrogen and oxygen atoms in total. The molecule has 1 amide bonds. The minimum Gasteiger partial charge on any atom is -0.399 e. The first-order chi connectivity index (χ1) is 10.1. The Morgan fingerprint density at radius 1 is 1.33 bits per heavy atom. The smallest absolute Gasteiger partial charge is 0.220 e. The number of rotatable bonds is 6. The van der Waals surface area contributed by atoms with Crippen molar-refractivity contribution in [3.05, 3.63) is 47.3 Å². The van der Waals surface area contributed by atoms with Gasteiger partial charge >= 0.3 is 0 Å². The summed E-state index contributed by atoms with van der Waals surface area (Å²) < 4.78 is 1.78. The van der Waals surface area contributed by atoms with Crippen molar-refractivity contribution in [2.45, 2.75) is 32.7 Å². The Kier molecular flexibility index (Phi) is 4.98. The summed E-state index contributed by atoms with van der Waals surface area (Å²) in [5.41, 5.74) is 9.74. The number of para-hydroxylation sites is 1. The number of hydrogen-bond donors (Lipinski definition) is 2. The minimum atomic E-state index is 0.0316. The van der Waals surface area contributed by atoms with Crippen molar-refractivity contribution >= 4 is 11.6 Å². The van der Waals surface area contributed by atoms with Gasteiger partial charge in [-0.3, -0.25) is 9.48 Å². The molecular formula is C16H22N4O. The van der Waals surface area contributed by atoms with Crippen LogP contribution >= 0.6 is 0 Å². The number of carbonyl (C=O) groups is 1. The summed E-state index contributed by atoms with van der Waals surface area (Å²) in [5, 5.41) is 7.30. The van der Waals surface area contributed by atoms with Crippen molar-refractivity contribution in [2.24, 2.45) is 7.05 Å². The number of carbonyl (C=O) groups excluding carboxylic acids is 1. The molecule has 0 saturated heterocycles. The van der Waals surface area contributed by atoms with E-state index >= 15 is 0 Å². The zero-order chi connectivity index (χ0) is 15.2. The van der Waals surface area contributed by atoms with Gasteiger partial charge in [0.15, 0.2) is 0 Å². The van der Waals surface area contributed by atoms with Crippen molar-refractivity contribution in [3.8, 4) is 0 Å². The Morgan fingerprint density at radius 2 is 2.10 bits per heavy atom. The molecule has 0 aliphatic carbocycles. The summed E-state index contributed by atoms with van der Waals surface area (Å²) in [6.07, 6.45) is 3.92. The van der Waals surface area contributed by atoms with Gasteiger partial charge < -0.3 is 11.1 Å². The number of aryl methyl sites for hydroxylation is 3. The van der Waals surface area contributed by atoms with Crippen LogP contribution in [0.25, 0.3) is 0 Å². The molecule has 2 rings (SSSR count). The second-order valence-electron chi connectivity index (χ2n) is 5.10. The average Bonchev–Trinajstić information content (AvgIpc) is 2.84. The molecule has 1 aromatic carbocycles. The lowest BCUT2D eigenvalue weighted by molar-refractivity contribution is -0.121. The van der Waals surface area contributed by atoms with Gasteiger partial charge in [-0.1, -0.05) is 25.1 Å². The highest BCUT2D eigenvalue weighted by Gasteiger charge is 2.08. The number of nitrogens with zero attached hydrogens (tertiary/aromatic N) is 2. The molecule has 3 N–H and O–H groups in total. The van der Waals surface area contributed by atoms with Gasteiger partial charge in [0, 0.05) is 37.5 Å². The van der Waals surface area contributed by atoms with Crippen molar-refractivity contribution < 1.29 is 4.79 Å². The van der Waals surface area contributed by atoms with Crippen LogP contribution in [0.3, 0.4) is 0 Å². The second kappa shape index (κ2) is 6.92. The maximum atomic E-state index is 11.9. The van der Waals surface area contributed by atoms with Crippen LogP contribution in [0.4, 0.5) is 5.69 Å². The third-order valence-corrected chi connectivity index (χ3v) is 3.48. The third-order valence-electron chi connectivity index (χ3n) is 3.48. The molecule has 112 valence electrons. The number of hydrogen-bond acceptors (Lipinski definition) is 3. The van der Waals surface area contributed by atoms with Crippen molar-refractivity contribution in [1.82, 2.24) is 15.1 Å². The van der Waals surface area contributed by atoms with E-state index in [1.165, 1.54) is 0 Å². The highest BCUT2D eigenvalue weighted by molar-refractivity contribution is 5.76. The van der Waals surface area contributed by atoms with Crippen molar-refractivity contribution in [2.75, 3.05) is 5.73 Å². The lowest BCUT2D eigenvalue weighted by Gasteiger charge is -2.07. The molecule has 0 bridgehead atoms. The van der Waals surface area contributed by atoms with E-state index in [-0.39, 0.29) is 5.91 Å². The van der Waals surface area contributed by atoms with Gasteiger partial charge in [-0.2, -0.15) is 5.10 Å². The molecular weight excluding hydrogens is 264 g/mol. The zero-order valence-corrected chi connectivity index (χ0v) is 12.6. The van der Waals surface area contributed by atoms with Gasteiger partial charge in [0.05, 0.1) is 5.69 Å². The first-order valence-electron chi connectivity index (χ1n) is 7.21. The Balaban J connectivity index is 1.84. The van der Waals surface area contributed by atoms with Gasteiger partial charge in [0.2, 0.25) is 5.91 Å². The molecule has 0 aliphatic heterocycles. The Labute approximate surface area is 125 Å². The van der Waals surface area contributed by atoms with Crippen LogP contribution in [0.5, 0.6) is 0 Å². The molecule has 21 heavy (non-hydrogen) atoms. The predicted molar refractivity (Wildman–Crippen MR) is 83.6 cm³/mol. The molecule has 2 aromatic rings. The molecule has 5 heteroatoms. The molecule has 0 atom stereocenters. The van der Waals surface area contributed by atoms with E-state index in [1.807, 2.05) is 37.5 Å². The molecule has 0 unspecified atom stereocenters. The first-order valence-corrected chi connectivity index (χ1v) is 7.21. The fourth-order valence-corrected chi connectivity index (χ4v) is 2.32. The van der Waals surface area contributed by atoms with Crippen molar-refractivity contribution in [1.29, 1.82) is 0 Å². The van der Waals surface area contributed by atoms with Gasteiger partial charge in [0.1, 0.15) is 0 Å². The summed E-state index contributed by atoms with van der Waals surface area (Å²) in [7, 11) is 1.89. The number of aromatic nitrogens is 2. The summed E-state index contributed by atoms with van der Waals surface area (Å²) in [4.78, 5) is 11.9. The van der Waals surface area contributed by atoms with E-state index in [0.29, 0.717) is 19.4 Å². The van der Waals surface area contributed by atoms with Crippen LogP contribution in [0.2, 0.25) is 0 Å². The van der Waals surface area contributed by atoms with E-state index < -0.39 is 0 Å². The third kappa shape index (κ3) is 4.08. The number of nitrogen functional groups attached to an aromatic ring is 1. The topological polar surface area (TPSA) is 72.9 Å². The second-order valence-corrected chi connectivity index (χ2v) is 5.10. The summed E-state index contributed by atoms with van der Waals surface area (Å²) >= 11 is 0. The number of nitrogens with one attached hydrogen (secondary N) is 1. The Hall–Kier alpha value is -2.30. The predicted octanol–water partition coefficient (Wildman–Crippen LogP) is 1.81. The lowest BCUT2D eigenvalue weighted by Crippen LogP contribution is -2.23. The molecule has 0 saturated carbocycles. The molecule has 1 heterocycles. The summed E-state index contributed by atoms with van der Waals surface area (Å²) in [6, 6.07) is 7.65. The maximum Gasteiger partial charge on any atom is 0.220 e. The molecule has 0 fully saturated rings. The SMILES string of the molecule is CCc1nn(C)cc1CNC(=O)CCc1ccccc1N. The number of anilines is 1. The van der Waals surface area contributed by atoms with E-state index in [0.717, 1.165) is 28.9 Å². The highest BCUT2D eigenvalue weighted by Crippen LogP contribution is 2.12. The number of benzene rings is 1. The van der Waals surface area contributed by atoms with Crippen LogP contribution < -0.4 is 11.1 Å². The number of amides is 1.